The van der Waals surface area contributed by atoms with E-state index in [1.54, 1.807) is 0 Å². The first-order valence-electron chi connectivity index (χ1n) is 11.4. The molecular formula is C27H33NO3. The number of ether oxygens (including phenoxy) is 2. The summed E-state index contributed by atoms with van der Waals surface area (Å²) in [6, 6.07) is 14.0. The third-order valence-corrected chi connectivity index (χ3v) is 6.50. The smallest absolute Gasteiger partial charge is 0.330 e. The monoisotopic (exact) mass is 419 g/mol. The zero-order valence-electron chi connectivity index (χ0n) is 19.1. The maximum absolute atomic E-state index is 12.3. The molecule has 4 rings (SSSR count). The van der Waals surface area contributed by atoms with Crippen LogP contribution in [0.15, 0.2) is 47.5 Å². The number of methoxy groups -OCH3 is 1. The van der Waals surface area contributed by atoms with Gasteiger partial charge in [0.2, 0.25) is 0 Å². The topological polar surface area (TPSA) is 47.9 Å². The van der Waals surface area contributed by atoms with E-state index in [0.717, 1.165) is 34.8 Å². The molecule has 4 nitrogen and oxygen atoms in total. The molecule has 2 aromatic rings. The molecule has 2 aromatic carbocycles. The summed E-state index contributed by atoms with van der Waals surface area (Å²) in [5.74, 6) is 2.00. The molecule has 1 aliphatic heterocycles. The van der Waals surface area contributed by atoms with Crippen LogP contribution in [-0.2, 0) is 21.4 Å². The van der Waals surface area contributed by atoms with E-state index in [1.165, 1.54) is 38.4 Å². The molecule has 1 aliphatic carbocycles. The Labute approximate surface area is 185 Å². The molecule has 1 atom stereocenters. The number of benzene rings is 2. The van der Waals surface area contributed by atoms with Gasteiger partial charge < -0.3 is 9.47 Å². The SMILES string of the molecule is COC(=O)C1Cc2cc(Oc3ccc(C(C)(C)C)cc3)ccc2C(CC2CCCC2)=N1. The fraction of sp³-hybridized carbons (Fsp3) is 0.481. The van der Waals surface area contributed by atoms with Crippen molar-refractivity contribution in [2.75, 3.05) is 7.11 Å². The number of hydrogen-bond donors (Lipinski definition) is 0. The molecule has 2 aliphatic rings. The molecule has 0 amide bonds. The van der Waals surface area contributed by atoms with Crippen molar-refractivity contribution < 1.29 is 14.3 Å². The predicted octanol–water partition coefficient (Wildman–Crippen LogP) is 6.24. The second-order valence-corrected chi connectivity index (χ2v) is 9.87. The first kappa shape index (κ1) is 21.6. The van der Waals surface area contributed by atoms with Gasteiger partial charge in [0.25, 0.3) is 0 Å². The lowest BCUT2D eigenvalue weighted by Gasteiger charge is -2.24. The van der Waals surface area contributed by atoms with Crippen LogP contribution in [-0.4, -0.2) is 24.8 Å². The van der Waals surface area contributed by atoms with Crippen molar-refractivity contribution in [3.8, 4) is 11.5 Å². The van der Waals surface area contributed by atoms with Gasteiger partial charge in [0.15, 0.2) is 6.04 Å². The second kappa shape index (κ2) is 8.86. The zero-order chi connectivity index (χ0) is 22.0. The van der Waals surface area contributed by atoms with Gasteiger partial charge in [-0.05, 0) is 64.8 Å². The molecule has 164 valence electrons. The first-order chi connectivity index (χ1) is 14.8. The highest BCUT2D eigenvalue weighted by Crippen LogP contribution is 2.34. The summed E-state index contributed by atoms with van der Waals surface area (Å²) in [6.07, 6.45) is 6.59. The van der Waals surface area contributed by atoms with Gasteiger partial charge in [-0.2, -0.15) is 0 Å². The fourth-order valence-corrected chi connectivity index (χ4v) is 4.68. The standard InChI is InChI=1S/C27H33NO3/c1-27(2,3)20-9-11-21(12-10-20)31-22-13-14-23-19(16-22)17-25(26(29)30-4)28-24(23)15-18-7-5-6-8-18/h9-14,16,18,25H,5-8,15,17H2,1-4H3. The third-order valence-electron chi connectivity index (χ3n) is 6.50. The molecule has 1 heterocycles. The molecule has 1 fully saturated rings. The van der Waals surface area contributed by atoms with Crippen molar-refractivity contribution in [1.82, 2.24) is 0 Å². The minimum atomic E-state index is -0.463. The lowest BCUT2D eigenvalue weighted by Crippen LogP contribution is -2.29. The Bertz CT molecular complexity index is 963. The highest BCUT2D eigenvalue weighted by Gasteiger charge is 2.29. The van der Waals surface area contributed by atoms with Crippen LogP contribution < -0.4 is 4.74 Å². The Hall–Kier alpha value is -2.62. The average Bonchev–Trinajstić information content (AvgIpc) is 3.25. The highest BCUT2D eigenvalue weighted by atomic mass is 16.5. The number of carbonyl (C=O) groups excluding carboxylic acids is 1. The molecule has 4 heteroatoms. The van der Waals surface area contributed by atoms with E-state index in [1.807, 2.05) is 18.2 Å². The molecule has 0 saturated heterocycles. The number of esters is 1. The van der Waals surface area contributed by atoms with Gasteiger partial charge in [0, 0.05) is 12.1 Å². The second-order valence-electron chi connectivity index (χ2n) is 9.87. The number of fused-ring (bicyclic) bond motifs is 1. The van der Waals surface area contributed by atoms with Crippen molar-refractivity contribution >= 4 is 11.7 Å². The van der Waals surface area contributed by atoms with Crippen molar-refractivity contribution in [1.29, 1.82) is 0 Å². The van der Waals surface area contributed by atoms with Crippen molar-refractivity contribution in [2.45, 2.75) is 70.8 Å². The van der Waals surface area contributed by atoms with Crippen LogP contribution in [0.25, 0.3) is 0 Å². The van der Waals surface area contributed by atoms with Crippen LogP contribution in [0.1, 0.15) is 69.6 Å². The molecule has 31 heavy (non-hydrogen) atoms. The van der Waals surface area contributed by atoms with Crippen LogP contribution in [0.2, 0.25) is 0 Å². The van der Waals surface area contributed by atoms with E-state index in [2.05, 4.69) is 45.0 Å². The Balaban J connectivity index is 1.57. The molecular weight excluding hydrogens is 386 g/mol. The molecule has 1 saturated carbocycles. The minimum absolute atomic E-state index is 0.113. The summed E-state index contributed by atoms with van der Waals surface area (Å²) in [6.45, 7) is 6.61. The zero-order valence-corrected chi connectivity index (χ0v) is 19.1. The first-order valence-corrected chi connectivity index (χ1v) is 11.4. The molecule has 0 aromatic heterocycles. The van der Waals surface area contributed by atoms with Crippen molar-refractivity contribution in [3.05, 3.63) is 59.2 Å². The fourth-order valence-electron chi connectivity index (χ4n) is 4.68. The van der Waals surface area contributed by atoms with Crippen molar-refractivity contribution in [2.24, 2.45) is 10.9 Å². The maximum atomic E-state index is 12.3. The normalized spacial score (nSPS) is 19.0. The Morgan fingerprint density at radius 3 is 2.35 bits per heavy atom. The number of aliphatic imine (C=N–C) groups is 1. The number of nitrogens with zero attached hydrogens (tertiary/aromatic N) is 1. The van der Waals surface area contributed by atoms with Crippen LogP contribution in [0, 0.1) is 5.92 Å². The lowest BCUT2D eigenvalue weighted by atomic mass is 9.87. The van der Waals surface area contributed by atoms with E-state index in [-0.39, 0.29) is 11.4 Å². The summed E-state index contributed by atoms with van der Waals surface area (Å²) in [4.78, 5) is 17.1. The van der Waals surface area contributed by atoms with Gasteiger partial charge in [-0.25, -0.2) is 4.79 Å². The lowest BCUT2D eigenvalue weighted by molar-refractivity contribution is -0.142. The molecule has 0 bridgehead atoms. The van der Waals surface area contributed by atoms with E-state index >= 15 is 0 Å². The van der Waals surface area contributed by atoms with Gasteiger partial charge >= 0.3 is 5.97 Å². The van der Waals surface area contributed by atoms with E-state index < -0.39 is 6.04 Å². The third kappa shape index (κ3) is 5.00. The van der Waals surface area contributed by atoms with Crippen molar-refractivity contribution in [3.63, 3.8) is 0 Å². The highest BCUT2D eigenvalue weighted by molar-refractivity contribution is 6.04. The molecule has 0 N–H and O–H groups in total. The maximum Gasteiger partial charge on any atom is 0.330 e. The van der Waals surface area contributed by atoms with Crippen LogP contribution in [0.3, 0.4) is 0 Å². The quantitative estimate of drug-likeness (QED) is 0.539. The number of rotatable bonds is 5. The summed E-state index contributed by atoms with van der Waals surface area (Å²) in [7, 11) is 1.44. The molecule has 1 unspecified atom stereocenters. The summed E-state index contributed by atoms with van der Waals surface area (Å²) >= 11 is 0. The molecule has 0 spiro atoms. The molecule has 0 radical (unpaired) electrons. The predicted molar refractivity (Wildman–Crippen MR) is 124 cm³/mol. The van der Waals surface area contributed by atoms with Crippen LogP contribution >= 0.6 is 0 Å². The Morgan fingerprint density at radius 2 is 1.71 bits per heavy atom. The Morgan fingerprint density at radius 1 is 1.03 bits per heavy atom. The number of hydrogen-bond acceptors (Lipinski definition) is 4. The van der Waals surface area contributed by atoms with E-state index in [4.69, 9.17) is 14.5 Å². The van der Waals surface area contributed by atoms with E-state index in [0.29, 0.717) is 12.3 Å². The minimum Gasteiger partial charge on any atom is -0.467 e. The van der Waals surface area contributed by atoms with Crippen LogP contribution in [0.4, 0.5) is 0 Å². The van der Waals surface area contributed by atoms with Gasteiger partial charge in [-0.15, -0.1) is 0 Å². The van der Waals surface area contributed by atoms with Gasteiger partial charge in [-0.1, -0.05) is 58.6 Å². The summed E-state index contributed by atoms with van der Waals surface area (Å²) in [5.41, 5.74) is 4.70. The van der Waals surface area contributed by atoms with Gasteiger partial charge in [-0.3, -0.25) is 4.99 Å². The van der Waals surface area contributed by atoms with Gasteiger partial charge in [0.1, 0.15) is 11.5 Å². The summed E-state index contributed by atoms with van der Waals surface area (Å²) < 4.78 is 11.2. The largest absolute Gasteiger partial charge is 0.467 e. The Kier molecular flexibility index (Phi) is 6.17. The van der Waals surface area contributed by atoms with Gasteiger partial charge in [0.05, 0.1) is 7.11 Å². The number of carbonyl (C=O) groups is 1. The van der Waals surface area contributed by atoms with Crippen LogP contribution in [0.5, 0.6) is 11.5 Å². The average molecular weight is 420 g/mol. The summed E-state index contributed by atoms with van der Waals surface area (Å²) in [5, 5.41) is 0. The van der Waals surface area contributed by atoms with E-state index in [9.17, 15) is 4.79 Å².